The maximum Gasteiger partial charge on any atom is 0.226 e. The van der Waals surface area contributed by atoms with Gasteiger partial charge in [-0.1, -0.05) is 43.9 Å². The van der Waals surface area contributed by atoms with Crippen molar-refractivity contribution < 1.29 is 14.0 Å². The fourth-order valence-electron chi connectivity index (χ4n) is 4.78. The highest BCUT2D eigenvalue weighted by Crippen LogP contribution is 2.49. The smallest absolute Gasteiger partial charge is 0.226 e. The first-order valence-corrected chi connectivity index (χ1v) is 10.4. The number of carbonyl (C=O) groups is 2. The maximum atomic E-state index is 13.9. The zero-order chi connectivity index (χ0) is 18.8. The van der Waals surface area contributed by atoms with Crippen LogP contribution in [0, 0.1) is 17.7 Å². The van der Waals surface area contributed by atoms with E-state index in [1.54, 1.807) is 12.1 Å². The predicted molar refractivity (Wildman–Crippen MR) is 102 cm³/mol. The second-order valence-corrected chi connectivity index (χ2v) is 8.37. The minimum atomic E-state index is -0.213. The lowest BCUT2D eigenvalue weighted by molar-refractivity contribution is -0.140. The Labute approximate surface area is 160 Å². The van der Waals surface area contributed by atoms with Gasteiger partial charge in [-0.25, -0.2) is 4.39 Å². The van der Waals surface area contributed by atoms with Gasteiger partial charge in [0, 0.05) is 38.5 Å². The zero-order valence-corrected chi connectivity index (χ0v) is 15.9. The molecule has 1 aromatic rings. The highest BCUT2D eigenvalue weighted by Gasteiger charge is 2.47. The van der Waals surface area contributed by atoms with Crippen molar-refractivity contribution in [2.24, 2.45) is 11.8 Å². The summed E-state index contributed by atoms with van der Waals surface area (Å²) < 4.78 is 13.9. The van der Waals surface area contributed by atoms with Crippen molar-refractivity contribution in [2.45, 2.75) is 50.9 Å². The van der Waals surface area contributed by atoms with Crippen LogP contribution in [-0.2, 0) is 9.59 Å². The minimum Gasteiger partial charge on any atom is -0.339 e. The first-order valence-electron chi connectivity index (χ1n) is 10.4. The second-order valence-electron chi connectivity index (χ2n) is 8.37. The number of amides is 2. The Morgan fingerprint density at radius 2 is 1.67 bits per heavy atom. The molecule has 2 aliphatic carbocycles. The predicted octanol–water partition coefficient (Wildman–Crippen LogP) is 3.57. The molecule has 5 heteroatoms. The van der Waals surface area contributed by atoms with Gasteiger partial charge < -0.3 is 9.80 Å². The molecular formula is C22H29FN2O2. The molecule has 0 aromatic heterocycles. The van der Waals surface area contributed by atoms with E-state index in [1.165, 1.54) is 31.7 Å². The lowest BCUT2D eigenvalue weighted by atomic mass is 10.0. The molecule has 4 nitrogen and oxygen atoms in total. The van der Waals surface area contributed by atoms with Crippen LogP contribution in [-0.4, -0.2) is 47.8 Å². The third-order valence-corrected chi connectivity index (χ3v) is 6.60. The number of rotatable bonds is 5. The van der Waals surface area contributed by atoms with Gasteiger partial charge in [0.25, 0.3) is 0 Å². The molecule has 1 aliphatic heterocycles. The van der Waals surface area contributed by atoms with E-state index < -0.39 is 0 Å². The Bertz CT molecular complexity index is 693. The van der Waals surface area contributed by atoms with Gasteiger partial charge >= 0.3 is 0 Å². The van der Waals surface area contributed by atoms with Crippen LogP contribution in [0.5, 0.6) is 0 Å². The molecule has 1 heterocycles. The number of carbonyl (C=O) groups excluding carboxylic acids is 2. The molecule has 2 saturated carbocycles. The third kappa shape index (κ3) is 4.17. The highest BCUT2D eigenvalue weighted by atomic mass is 19.1. The summed E-state index contributed by atoms with van der Waals surface area (Å²) in [4.78, 5) is 28.9. The van der Waals surface area contributed by atoms with E-state index in [2.05, 4.69) is 0 Å². The van der Waals surface area contributed by atoms with Crippen LogP contribution in [0.25, 0.3) is 0 Å². The van der Waals surface area contributed by atoms with Crippen molar-refractivity contribution in [3.05, 3.63) is 35.6 Å². The molecule has 146 valence electrons. The van der Waals surface area contributed by atoms with Crippen molar-refractivity contribution in [2.75, 3.05) is 26.2 Å². The quantitative estimate of drug-likeness (QED) is 0.793. The highest BCUT2D eigenvalue weighted by molar-refractivity contribution is 5.83. The van der Waals surface area contributed by atoms with Crippen LogP contribution in [0.2, 0.25) is 0 Å². The van der Waals surface area contributed by atoms with E-state index in [1.807, 2.05) is 15.9 Å². The van der Waals surface area contributed by atoms with Gasteiger partial charge in [0.1, 0.15) is 5.82 Å². The monoisotopic (exact) mass is 372 g/mol. The number of nitrogens with zero attached hydrogens (tertiary/aromatic N) is 2. The van der Waals surface area contributed by atoms with Crippen LogP contribution < -0.4 is 0 Å². The van der Waals surface area contributed by atoms with E-state index in [0.29, 0.717) is 38.2 Å². The lowest BCUT2D eigenvalue weighted by Gasteiger charge is -2.35. The number of piperazine rings is 1. The van der Waals surface area contributed by atoms with E-state index in [-0.39, 0.29) is 29.5 Å². The molecule has 2 amide bonds. The standard InChI is InChI=1S/C22H29FN2O2/c23-20-8-4-3-7-17(20)18-15-19(18)22(27)25-13-11-24(12-14-25)21(26)10-9-16-5-1-2-6-16/h3-4,7-8,16,18-19H,1-2,5-6,9-15H2. The molecule has 4 rings (SSSR count). The molecule has 0 spiro atoms. The van der Waals surface area contributed by atoms with Crippen LogP contribution in [0.3, 0.4) is 0 Å². The van der Waals surface area contributed by atoms with Gasteiger partial charge in [-0.2, -0.15) is 0 Å². The largest absolute Gasteiger partial charge is 0.339 e. The minimum absolute atomic E-state index is 0.0183. The number of hydrogen-bond acceptors (Lipinski definition) is 2. The Morgan fingerprint density at radius 1 is 1.00 bits per heavy atom. The Hall–Kier alpha value is -1.91. The molecule has 0 N–H and O–H groups in total. The molecule has 2 unspecified atom stereocenters. The normalized spacial score (nSPS) is 25.7. The van der Waals surface area contributed by atoms with Crippen molar-refractivity contribution in [3.8, 4) is 0 Å². The lowest BCUT2D eigenvalue weighted by Crippen LogP contribution is -2.51. The van der Waals surface area contributed by atoms with E-state index in [4.69, 9.17) is 0 Å². The van der Waals surface area contributed by atoms with Crippen molar-refractivity contribution in [3.63, 3.8) is 0 Å². The average molecular weight is 372 g/mol. The van der Waals surface area contributed by atoms with E-state index in [0.717, 1.165) is 18.8 Å². The summed E-state index contributed by atoms with van der Waals surface area (Å²) in [7, 11) is 0. The number of benzene rings is 1. The average Bonchev–Trinajstić information content (AvgIpc) is 3.31. The molecule has 2 atom stereocenters. The van der Waals surface area contributed by atoms with Crippen LogP contribution in [0.15, 0.2) is 24.3 Å². The third-order valence-electron chi connectivity index (χ3n) is 6.60. The first kappa shape index (κ1) is 18.5. The summed E-state index contributed by atoms with van der Waals surface area (Å²) in [5.41, 5.74) is 0.663. The summed E-state index contributed by atoms with van der Waals surface area (Å²) in [5.74, 6) is 0.819. The second kappa shape index (κ2) is 7.99. The van der Waals surface area contributed by atoms with Gasteiger partial charge in [0.15, 0.2) is 0 Å². The Balaban J connectivity index is 1.23. The molecule has 3 fully saturated rings. The van der Waals surface area contributed by atoms with Gasteiger partial charge in [-0.15, -0.1) is 0 Å². The van der Waals surface area contributed by atoms with E-state index in [9.17, 15) is 14.0 Å². The molecule has 1 saturated heterocycles. The molecule has 1 aromatic carbocycles. The van der Waals surface area contributed by atoms with Gasteiger partial charge in [-0.05, 0) is 36.3 Å². The van der Waals surface area contributed by atoms with Gasteiger partial charge in [0.2, 0.25) is 11.8 Å². The van der Waals surface area contributed by atoms with Crippen LogP contribution >= 0.6 is 0 Å². The molecule has 3 aliphatic rings. The molecule has 0 bridgehead atoms. The molecule has 27 heavy (non-hydrogen) atoms. The van der Waals surface area contributed by atoms with Crippen molar-refractivity contribution in [1.82, 2.24) is 9.80 Å². The van der Waals surface area contributed by atoms with E-state index >= 15 is 0 Å². The SMILES string of the molecule is O=C(CCC1CCCC1)N1CCN(C(=O)C2CC2c2ccccc2F)CC1. The summed E-state index contributed by atoms with van der Waals surface area (Å²) in [6.07, 6.45) is 7.59. The first-order chi connectivity index (χ1) is 13.1. The van der Waals surface area contributed by atoms with Gasteiger partial charge in [0.05, 0.1) is 0 Å². The summed E-state index contributed by atoms with van der Waals surface area (Å²) in [6, 6.07) is 6.76. The summed E-state index contributed by atoms with van der Waals surface area (Å²) in [6.45, 7) is 2.47. The summed E-state index contributed by atoms with van der Waals surface area (Å²) >= 11 is 0. The number of hydrogen-bond donors (Lipinski definition) is 0. The topological polar surface area (TPSA) is 40.6 Å². The van der Waals surface area contributed by atoms with Gasteiger partial charge in [-0.3, -0.25) is 9.59 Å². The fourth-order valence-corrected chi connectivity index (χ4v) is 4.78. The van der Waals surface area contributed by atoms with Crippen molar-refractivity contribution in [1.29, 1.82) is 0 Å². The van der Waals surface area contributed by atoms with Crippen LogP contribution in [0.4, 0.5) is 4.39 Å². The number of halogens is 1. The Morgan fingerprint density at radius 3 is 2.37 bits per heavy atom. The molecule has 0 radical (unpaired) electrons. The fraction of sp³-hybridized carbons (Fsp3) is 0.636. The maximum absolute atomic E-state index is 13.9. The zero-order valence-electron chi connectivity index (χ0n) is 15.9. The molecular weight excluding hydrogens is 343 g/mol. The summed E-state index contributed by atoms with van der Waals surface area (Å²) in [5, 5.41) is 0. The van der Waals surface area contributed by atoms with Crippen LogP contribution in [0.1, 0.15) is 56.4 Å². The van der Waals surface area contributed by atoms with Crippen molar-refractivity contribution >= 4 is 11.8 Å². The Kier molecular flexibility index (Phi) is 5.46.